The van der Waals surface area contributed by atoms with E-state index in [9.17, 15) is 0 Å². The third-order valence-corrected chi connectivity index (χ3v) is 9.53. The number of aromatic nitrogens is 1. The van der Waals surface area contributed by atoms with Crippen molar-refractivity contribution in [1.29, 1.82) is 0 Å². The quantitative estimate of drug-likeness (QED) is 0.180. The lowest BCUT2D eigenvalue weighted by atomic mass is 10.2. The average Bonchev–Trinajstić information content (AvgIpc) is 3.34. The molecule has 11 heteroatoms. The first-order valence-corrected chi connectivity index (χ1v) is 16.1. The summed E-state index contributed by atoms with van der Waals surface area (Å²) in [6.07, 6.45) is 7.96. The second-order valence-corrected chi connectivity index (χ2v) is 15.4. The minimum atomic E-state index is 0. The van der Waals surface area contributed by atoms with Crippen molar-refractivity contribution in [3.05, 3.63) is 68.1 Å². The maximum atomic E-state index is 6.44. The minimum absolute atomic E-state index is 0. The monoisotopic (exact) mass is 842 g/mol. The number of thioether (sulfide) groups is 1. The highest BCUT2D eigenvalue weighted by atomic mass is 79.9. The molecule has 2 aromatic carbocycles. The van der Waals surface area contributed by atoms with Crippen molar-refractivity contribution in [3.8, 4) is 0 Å². The number of aryl methyl sites for hydroxylation is 1. The highest BCUT2D eigenvalue weighted by molar-refractivity contribution is 8.03. The van der Waals surface area contributed by atoms with Crippen LogP contribution in [-0.2, 0) is 6.54 Å². The zero-order valence-corrected chi connectivity index (χ0v) is 33.5. The third kappa shape index (κ3) is 11.1. The van der Waals surface area contributed by atoms with Gasteiger partial charge in [0.1, 0.15) is 4.70 Å². The Hall–Kier alpha value is -0.1000. The molecule has 234 valence electrons. The van der Waals surface area contributed by atoms with E-state index in [2.05, 4.69) is 95.1 Å². The Bertz CT molecular complexity index is 1400. The largest absolute Gasteiger partial charge is 1.00 e. The van der Waals surface area contributed by atoms with Crippen molar-refractivity contribution in [2.45, 2.75) is 37.6 Å². The van der Waals surface area contributed by atoms with Gasteiger partial charge < -0.3 is 64.8 Å². The number of hydrogen-bond acceptors (Lipinski definition) is 3. The van der Waals surface area contributed by atoms with E-state index in [-0.39, 0.29) is 50.9 Å². The predicted octanol–water partition coefficient (Wildman–Crippen LogP) is -1.05. The van der Waals surface area contributed by atoms with Gasteiger partial charge in [-0.3, -0.25) is 0 Å². The van der Waals surface area contributed by atoms with Crippen molar-refractivity contribution in [2.24, 2.45) is 0 Å². The van der Waals surface area contributed by atoms with Crippen LogP contribution in [0.1, 0.15) is 31.2 Å². The fraction of sp³-hybridized carbons (Fsp3) is 0.452. The third-order valence-electron chi connectivity index (χ3n) is 6.83. The molecular weight excluding hydrogens is 803 g/mol. The zero-order valence-electron chi connectivity index (χ0n) is 25.6. The molecule has 1 aromatic heterocycles. The molecule has 0 atom stereocenters. The predicted molar refractivity (Wildman–Crippen MR) is 173 cm³/mol. The van der Waals surface area contributed by atoms with Gasteiger partial charge in [0.05, 0.1) is 72.5 Å². The van der Waals surface area contributed by atoms with Gasteiger partial charge in [0.15, 0.2) is 6.54 Å². The molecule has 0 spiro atoms. The maximum Gasteiger partial charge on any atom is 0.263 e. The SMILES string of the molecule is CCC(=Cc1sc2ccc(Cl)cc2[n+]1CCC[N+](C)(C)C)C=C1Sc2ccc(Cl)cc2N1CCC[N+](C)(C)C.[Br-].[Br-].[Br-]. The van der Waals surface area contributed by atoms with Gasteiger partial charge in [-0.25, -0.2) is 0 Å². The molecule has 0 fully saturated rings. The molecule has 3 aromatic rings. The molecule has 0 aliphatic carbocycles. The van der Waals surface area contributed by atoms with E-state index < -0.39 is 0 Å². The van der Waals surface area contributed by atoms with Gasteiger partial charge >= 0.3 is 0 Å². The van der Waals surface area contributed by atoms with Gasteiger partial charge in [0.2, 0.25) is 5.52 Å². The Morgan fingerprint density at radius 2 is 1.50 bits per heavy atom. The normalized spacial score (nSPS) is 14.5. The van der Waals surface area contributed by atoms with E-state index in [0.717, 1.165) is 64.5 Å². The number of halogens is 5. The van der Waals surface area contributed by atoms with Gasteiger partial charge in [-0.1, -0.05) is 53.2 Å². The summed E-state index contributed by atoms with van der Waals surface area (Å²) in [6.45, 7) is 6.45. The number of hydrogen-bond donors (Lipinski definition) is 0. The summed E-state index contributed by atoms with van der Waals surface area (Å²) in [5, 5.41) is 4.14. The van der Waals surface area contributed by atoms with Crippen LogP contribution in [-0.4, -0.2) is 70.9 Å². The number of benzene rings is 2. The molecule has 0 radical (unpaired) electrons. The first-order chi connectivity index (χ1) is 18.3. The number of quaternary nitrogens is 2. The molecule has 42 heavy (non-hydrogen) atoms. The van der Waals surface area contributed by atoms with E-state index in [4.69, 9.17) is 23.2 Å². The average molecular weight is 846 g/mol. The summed E-state index contributed by atoms with van der Waals surface area (Å²) in [6, 6.07) is 12.5. The summed E-state index contributed by atoms with van der Waals surface area (Å²) in [5.74, 6) is 0. The van der Waals surface area contributed by atoms with E-state index in [0.29, 0.717) is 0 Å². The summed E-state index contributed by atoms with van der Waals surface area (Å²) >= 11 is 16.6. The van der Waals surface area contributed by atoms with Crippen molar-refractivity contribution >= 4 is 68.3 Å². The molecule has 4 rings (SSSR count). The van der Waals surface area contributed by atoms with E-state index in [1.807, 2.05) is 35.2 Å². The smallest absolute Gasteiger partial charge is 0.263 e. The molecule has 1 aliphatic heterocycles. The minimum Gasteiger partial charge on any atom is -1.00 e. The van der Waals surface area contributed by atoms with Gasteiger partial charge in [0, 0.05) is 40.0 Å². The number of nitrogens with zero attached hydrogens (tertiary/aromatic N) is 4. The van der Waals surface area contributed by atoms with Gasteiger partial charge in [0.25, 0.3) is 5.01 Å². The Labute approximate surface area is 302 Å². The zero-order chi connectivity index (χ0) is 28.4. The summed E-state index contributed by atoms with van der Waals surface area (Å²) in [5.41, 5.74) is 3.77. The van der Waals surface area contributed by atoms with Crippen molar-refractivity contribution < 1.29 is 64.5 Å². The number of fused-ring (bicyclic) bond motifs is 2. The van der Waals surface area contributed by atoms with Gasteiger partial charge in [-0.05, 0) is 48.4 Å². The van der Waals surface area contributed by atoms with Crippen LogP contribution >= 0.6 is 46.3 Å². The summed E-state index contributed by atoms with van der Waals surface area (Å²) < 4.78 is 5.67. The molecule has 0 unspecified atom stereocenters. The van der Waals surface area contributed by atoms with Crippen molar-refractivity contribution in [3.63, 3.8) is 0 Å². The van der Waals surface area contributed by atoms with E-state index >= 15 is 0 Å². The lowest BCUT2D eigenvalue weighted by Gasteiger charge is -2.26. The van der Waals surface area contributed by atoms with E-state index in [1.165, 1.54) is 36.4 Å². The second kappa shape index (κ2) is 17.0. The molecule has 0 amide bonds. The fourth-order valence-corrected chi connectivity index (χ4v) is 7.42. The lowest BCUT2D eigenvalue weighted by molar-refractivity contribution is -0.873. The first kappa shape index (κ1) is 39.9. The summed E-state index contributed by atoms with van der Waals surface area (Å²) in [7, 11) is 13.5. The lowest BCUT2D eigenvalue weighted by Crippen LogP contribution is -3.00. The molecule has 0 saturated heterocycles. The fourth-order valence-electron chi connectivity index (χ4n) is 4.79. The Morgan fingerprint density at radius 1 is 0.881 bits per heavy atom. The summed E-state index contributed by atoms with van der Waals surface area (Å²) in [4.78, 5) is 3.74. The maximum absolute atomic E-state index is 6.44. The first-order valence-electron chi connectivity index (χ1n) is 13.7. The number of thiazole rings is 1. The van der Waals surface area contributed by atoms with Crippen LogP contribution in [0.4, 0.5) is 5.69 Å². The molecule has 2 heterocycles. The Balaban J connectivity index is 0.00000294. The van der Waals surface area contributed by atoms with Crippen LogP contribution in [0.5, 0.6) is 0 Å². The number of allylic oxidation sites excluding steroid dienone is 2. The topological polar surface area (TPSA) is 7.12 Å². The van der Waals surface area contributed by atoms with Gasteiger partial charge in [-0.15, -0.1) is 0 Å². The van der Waals surface area contributed by atoms with Crippen molar-refractivity contribution in [1.82, 2.24) is 0 Å². The van der Waals surface area contributed by atoms with Crippen LogP contribution in [0.25, 0.3) is 16.3 Å². The highest BCUT2D eigenvalue weighted by Crippen LogP contribution is 2.47. The van der Waals surface area contributed by atoms with Crippen LogP contribution in [0.2, 0.25) is 10.0 Å². The van der Waals surface area contributed by atoms with Crippen LogP contribution < -0.4 is 60.4 Å². The van der Waals surface area contributed by atoms with E-state index in [1.54, 1.807) is 0 Å². The van der Waals surface area contributed by atoms with Crippen LogP contribution in [0.15, 0.2) is 58.0 Å². The van der Waals surface area contributed by atoms with Crippen molar-refractivity contribution in [2.75, 3.05) is 66.8 Å². The van der Waals surface area contributed by atoms with Crippen LogP contribution in [0, 0.1) is 0 Å². The molecule has 0 bridgehead atoms. The standard InChI is InChI=1S/C31H43Cl2N4S2.3BrH/c1-8-23(19-30-34(15-9-17-36(2,3)4)26-21-24(32)11-13-28(26)38-30)20-31-35(16-10-18-37(5,6)7)27-22-25(33)12-14-29(27)39-31;;;/h11-14,19-22H,8-10,15-18H2,1-7H3;3*1H/q+3;;;/p-3. The molecule has 0 saturated carbocycles. The Morgan fingerprint density at radius 3 is 2.14 bits per heavy atom. The number of rotatable bonds is 11. The molecule has 1 aliphatic rings. The van der Waals surface area contributed by atoms with Gasteiger partial charge in [-0.2, -0.15) is 4.57 Å². The molecule has 0 N–H and O–H groups in total. The number of anilines is 1. The molecule has 4 nitrogen and oxygen atoms in total. The second-order valence-electron chi connectivity index (χ2n) is 12.4. The van der Waals surface area contributed by atoms with Crippen LogP contribution in [0.3, 0.4) is 0 Å². The highest BCUT2D eigenvalue weighted by Gasteiger charge is 2.27. The molecular formula is C31H43Br3Cl2N4S2. The Kier molecular flexibility index (Phi) is 16.2.